The van der Waals surface area contributed by atoms with Crippen LogP contribution in [0.3, 0.4) is 0 Å². The minimum absolute atomic E-state index is 0.766. The molecular weight excluding hydrogens is 352 g/mol. The van der Waals surface area contributed by atoms with Gasteiger partial charge in [0.2, 0.25) is 0 Å². The molecule has 0 N–H and O–H groups in total. The third-order valence-electron chi connectivity index (χ3n) is 6.05. The van der Waals surface area contributed by atoms with Crippen LogP contribution >= 0.6 is 0 Å². The molecule has 0 saturated carbocycles. The summed E-state index contributed by atoms with van der Waals surface area (Å²) in [5.74, 6) is 0. The van der Waals surface area contributed by atoms with Gasteiger partial charge in [-0.1, -0.05) is 0 Å². The first kappa shape index (κ1) is 24.4. The Hall–Kier alpha value is 1.39. The molecule has 0 unspecified atom stereocenters. The van der Waals surface area contributed by atoms with Gasteiger partial charge in [0.05, 0.1) is 0 Å². The van der Waals surface area contributed by atoms with E-state index in [-0.39, 0.29) is 0 Å². The second-order valence-electron chi connectivity index (χ2n) is 8.85. The molecule has 0 fully saturated rings. The Morgan fingerprint density at radius 2 is 0.957 bits per heavy atom. The van der Waals surface area contributed by atoms with Crippen molar-refractivity contribution in [3.63, 3.8) is 0 Å². The SMILES string of the molecule is CCC[CH2][Ti]([CH2]CCC)([O][Ti]([CH](C)C)([CH](C)C)[CH](C)C)[CH](C)C. The van der Waals surface area contributed by atoms with Crippen LogP contribution in [0.1, 0.15) is 94.9 Å². The Labute approximate surface area is 156 Å². The topological polar surface area (TPSA) is 9.23 Å². The van der Waals surface area contributed by atoms with Crippen LogP contribution in [-0.4, -0.2) is 0 Å². The van der Waals surface area contributed by atoms with E-state index in [1.165, 1.54) is 35.1 Å². The van der Waals surface area contributed by atoms with E-state index < -0.39 is 34.0 Å². The Kier molecular flexibility index (Phi) is 11.9. The molecule has 0 amide bonds. The average Bonchev–Trinajstić information content (AvgIpc) is 2.45. The number of hydrogen-bond donors (Lipinski definition) is 0. The van der Waals surface area contributed by atoms with Crippen LogP contribution in [0.15, 0.2) is 0 Å². The second kappa shape index (κ2) is 11.2. The van der Waals surface area contributed by atoms with Gasteiger partial charge in [-0.15, -0.1) is 0 Å². The molecule has 0 aromatic rings. The van der Waals surface area contributed by atoms with E-state index in [0.717, 1.165) is 16.9 Å². The van der Waals surface area contributed by atoms with E-state index in [1.807, 2.05) is 0 Å². The predicted molar refractivity (Wildman–Crippen MR) is 101 cm³/mol. The van der Waals surface area contributed by atoms with Crippen LogP contribution in [-0.2, 0) is 35.9 Å². The molecule has 0 aliphatic heterocycles. The molecule has 0 radical (unpaired) electrons. The molecule has 0 rings (SSSR count). The third-order valence-corrected chi connectivity index (χ3v) is 27.6. The maximum atomic E-state index is 7.65. The fraction of sp³-hybridized carbons (Fsp3) is 1.00. The molecule has 1 nitrogen and oxygen atoms in total. The van der Waals surface area contributed by atoms with Gasteiger partial charge < -0.3 is 0 Å². The van der Waals surface area contributed by atoms with E-state index in [1.54, 1.807) is 0 Å². The summed E-state index contributed by atoms with van der Waals surface area (Å²) >= 11 is -4.64. The zero-order chi connectivity index (χ0) is 18.3. The molecule has 0 heterocycles. The second-order valence-corrected chi connectivity index (χ2v) is 25.2. The first-order valence-corrected chi connectivity index (χ1v) is 17.4. The Bertz CT molecular complexity index is 281. The predicted octanol–water partition coefficient (Wildman–Crippen LogP) is 8.89. The van der Waals surface area contributed by atoms with Gasteiger partial charge in [0, 0.05) is 0 Å². The molecule has 3 heteroatoms. The monoisotopic (exact) mass is 398 g/mol. The molecule has 0 bridgehead atoms. The fourth-order valence-electron chi connectivity index (χ4n) is 4.58. The van der Waals surface area contributed by atoms with Crippen molar-refractivity contribution in [1.82, 2.24) is 0 Å². The number of hydrogen-bond acceptors (Lipinski definition) is 1. The van der Waals surface area contributed by atoms with Gasteiger partial charge in [0.15, 0.2) is 0 Å². The van der Waals surface area contributed by atoms with E-state index in [9.17, 15) is 0 Å². The standard InChI is InChI=1S/2C4H9.4C3H7.O.2Ti/c2*1-3-4-2;4*1-3-2;;;/h2*1,3-4H2,2H3;4*3H,1-2H3;;;. The number of unbranched alkanes of at least 4 members (excludes halogenated alkanes) is 2. The molecule has 0 spiro atoms. The maximum absolute atomic E-state index is 7.65. The molecule has 0 aliphatic carbocycles. The summed E-state index contributed by atoms with van der Waals surface area (Å²) in [5, 5.41) is 0. The van der Waals surface area contributed by atoms with Crippen molar-refractivity contribution in [2.75, 3.05) is 0 Å². The van der Waals surface area contributed by atoms with Crippen LogP contribution in [0.5, 0.6) is 0 Å². The first-order valence-electron chi connectivity index (χ1n) is 10.3. The van der Waals surface area contributed by atoms with Gasteiger partial charge in [-0.25, -0.2) is 0 Å². The van der Waals surface area contributed by atoms with Gasteiger partial charge in [0.25, 0.3) is 0 Å². The summed E-state index contributed by atoms with van der Waals surface area (Å²) in [7, 11) is 0. The van der Waals surface area contributed by atoms with Gasteiger partial charge in [0.1, 0.15) is 0 Å². The summed E-state index contributed by atoms with van der Waals surface area (Å²) < 4.78 is 13.6. The van der Waals surface area contributed by atoms with Crippen LogP contribution < -0.4 is 0 Å². The molecule has 0 aliphatic rings. The van der Waals surface area contributed by atoms with Gasteiger partial charge >= 0.3 is 157 Å². The van der Waals surface area contributed by atoms with Crippen LogP contribution in [0.25, 0.3) is 0 Å². The molecule has 140 valence electrons. The number of rotatable bonds is 12. The molecule has 0 aromatic heterocycles. The Morgan fingerprint density at radius 3 is 1.17 bits per heavy atom. The molecule has 0 aromatic carbocycles. The molecule has 0 saturated heterocycles. The van der Waals surface area contributed by atoms with E-state index in [2.05, 4.69) is 69.2 Å². The van der Waals surface area contributed by atoms with E-state index >= 15 is 0 Å². The van der Waals surface area contributed by atoms with E-state index in [4.69, 9.17) is 1.90 Å². The van der Waals surface area contributed by atoms with Crippen molar-refractivity contribution < 1.29 is 35.9 Å². The van der Waals surface area contributed by atoms with Gasteiger partial charge in [-0.3, -0.25) is 0 Å². The summed E-state index contributed by atoms with van der Waals surface area (Å²) in [6.07, 6.45) is 5.41. The van der Waals surface area contributed by atoms with Crippen LogP contribution in [0.4, 0.5) is 0 Å². The molecule has 23 heavy (non-hydrogen) atoms. The summed E-state index contributed by atoms with van der Waals surface area (Å²) in [4.78, 5) is 0. The van der Waals surface area contributed by atoms with Crippen molar-refractivity contribution in [3.05, 3.63) is 0 Å². The first-order chi connectivity index (χ1) is 10.6. The minimum atomic E-state index is -2.37. The summed E-state index contributed by atoms with van der Waals surface area (Å²) in [6, 6.07) is 0. The quantitative estimate of drug-likeness (QED) is 0.298. The Balaban J connectivity index is 5.83. The fourth-order valence-corrected chi connectivity index (χ4v) is 30.8. The molecular formula is C20H46OTi2. The van der Waals surface area contributed by atoms with Crippen molar-refractivity contribution in [3.8, 4) is 0 Å². The zero-order valence-corrected chi connectivity index (χ0v) is 21.1. The summed E-state index contributed by atoms with van der Waals surface area (Å²) in [6.45, 7) is 24.4. The zero-order valence-electron chi connectivity index (χ0n) is 18.0. The summed E-state index contributed by atoms with van der Waals surface area (Å²) in [5.41, 5.74) is 0. The van der Waals surface area contributed by atoms with Crippen molar-refractivity contribution in [1.29, 1.82) is 0 Å². The van der Waals surface area contributed by atoms with Gasteiger partial charge in [-0.05, 0) is 0 Å². The van der Waals surface area contributed by atoms with Crippen molar-refractivity contribution >= 4 is 0 Å². The van der Waals surface area contributed by atoms with Crippen molar-refractivity contribution in [2.24, 2.45) is 0 Å². The van der Waals surface area contributed by atoms with Gasteiger partial charge in [-0.2, -0.15) is 0 Å². The van der Waals surface area contributed by atoms with Crippen LogP contribution in [0.2, 0.25) is 26.3 Å². The van der Waals surface area contributed by atoms with Crippen LogP contribution in [0, 0.1) is 0 Å². The van der Waals surface area contributed by atoms with Crippen molar-refractivity contribution in [2.45, 2.75) is 121 Å². The Morgan fingerprint density at radius 1 is 0.609 bits per heavy atom. The average molecular weight is 398 g/mol. The van der Waals surface area contributed by atoms with E-state index in [0.29, 0.717) is 0 Å². The molecule has 0 atom stereocenters. The normalized spacial score (nSPS) is 13.8. The third kappa shape index (κ3) is 6.25.